The fourth-order valence-corrected chi connectivity index (χ4v) is 4.13. The highest BCUT2D eigenvalue weighted by atomic mass is 16.2. The Hall–Kier alpha value is -2.89. The summed E-state index contributed by atoms with van der Waals surface area (Å²) in [5, 5.41) is 7.98. The van der Waals surface area contributed by atoms with Crippen LogP contribution in [0.3, 0.4) is 0 Å². The lowest BCUT2D eigenvalue weighted by Gasteiger charge is -2.25. The predicted molar refractivity (Wildman–Crippen MR) is 113 cm³/mol. The molecule has 0 bridgehead atoms. The first-order valence-electron chi connectivity index (χ1n) is 10.3. The van der Waals surface area contributed by atoms with E-state index in [1.807, 2.05) is 63.2 Å². The van der Waals surface area contributed by atoms with Gasteiger partial charge in [0.1, 0.15) is 12.1 Å². The third-order valence-electron chi connectivity index (χ3n) is 5.55. The molecule has 29 heavy (non-hydrogen) atoms. The normalized spacial score (nSPS) is 16.7. The van der Waals surface area contributed by atoms with Crippen molar-refractivity contribution in [1.82, 2.24) is 15.5 Å². The third-order valence-corrected chi connectivity index (χ3v) is 5.55. The Bertz CT molecular complexity index is 918. The summed E-state index contributed by atoms with van der Waals surface area (Å²) in [5.41, 5.74) is 0.103. The number of amides is 4. The molecule has 2 aromatic carbocycles. The van der Waals surface area contributed by atoms with Crippen LogP contribution >= 0.6 is 0 Å². The number of carbonyl (C=O) groups excluding carboxylic acids is 3. The van der Waals surface area contributed by atoms with Gasteiger partial charge in [0.25, 0.3) is 5.91 Å². The summed E-state index contributed by atoms with van der Waals surface area (Å²) in [5.74, 6) is -0.641. The number of fused-ring (bicyclic) bond motifs is 1. The predicted octanol–water partition coefficient (Wildman–Crippen LogP) is 3.91. The summed E-state index contributed by atoms with van der Waals surface area (Å²) in [6, 6.07) is 13.4. The van der Waals surface area contributed by atoms with Crippen molar-refractivity contribution >= 4 is 28.6 Å². The van der Waals surface area contributed by atoms with Gasteiger partial charge in [-0.2, -0.15) is 0 Å². The van der Waals surface area contributed by atoms with E-state index in [1.165, 1.54) is 0 Å². The summed E-state index contributed by atoms with van der Waals surface area (Å²) in [7, 11) is 0. The Balaban J connectivity index is 1.67. The van der Waals surface area contributed by atoms with Crippen LogP contribution < -0.4 is 10.6 Å². The number of hydrogen-bond acceptors (Lipinski definition) is 3. The molecule has 6 nitrogen and oxygen atoms in total. The van der Waals surface area contributed by atoms with E-state index in [0.29, 0.717) is 12.8 Å². The lowest BCUT2D eigenvalue weighted by atomic mass is 9.88. The molecule has 4 amide bonds. The van der Waals surface area contributed by atoms with Crippen molar-refractivity contribution in [2.45, 2.75) is 58.0 Å². The second-order valence-corrected chi connectivity index (χ2v) is 7.80. The zero-order valence-electron chi connectivity index (χ0n) is 17.3. The highest BCUT2D eigenvalue weighted by molar-refractivity contribution is 6.09. The van der Waals surface area contributed by atoms with Crippen LogP contribution in [0.4, 0.5) is 4.79 Å². The Labute approximate surface area is 171 Å². The third kappa shape index (κ3) is 4.26. The number of imide groups is 1. The van der Waals surface area contributed by atoms with Crippen molar-refractivity contribution in [3.05, 3.63) is 48.0 Å². The summed E-state index contributed by atoms with van der Waals surface area (Å²) in [6.07, 6.45) is 2.73. The molecule has 0 saturated carbocycles. The van der Waals surface area contributed by atoms with Crippen LogP contribution in [0.1, 0.15) is 58.1 Å². The number of carbonyl (C=O) groups is 3. The van der Waals surface area contributed by atoms with Crippen molar-refractivity contribution in [1.29, 1.82) is 0 Å². The zero-order valence-corrected chi connectivity index (χ0v) is 17.3. The molecule has 1 fully saturated rings. The first-order valence-corrected chi connectivity index (χ1v) is 10.3. The maximum Gasteiger partial charge on any atom is 0.325 e. The highest BCUT2D eigenvalue weighted by Gasteiger charge is 2.50. The van der Waals surface area contributed by atoms with E-state index in [2.05, 4.69) is 10.6 Å². The lowest BCUT2D eigenvalue weighted by Crippen LogP contribution is -2.47. The molecule has 0 aliphatic carbocycles. The summed E-state index contributed by atoms with van der Waals surface area (Å²) in [4.78, 5) is 38.9. The molecular weight excluding hydrogens is 366 g/mol. The quantitative estimate of drug-likeness (QED) is 0.665. The van der Waals surface area contributed by atoms with Crippen molar-refractivity contribution in [3.63, 3.8) is 0 Å². The minimum Gasteiger partial charge on any atom is -0.348 e. The molecule has 1 aliphatic rings. The molecule has 1 heterocycles. The van der Waals surface area contributed by atoms with Crippen LogP contribution in [0.2, 0.25) is 0 Å². The molecule has 1 saturated heterocycles. The molecular formula is C23H29N3O3. The number of rotatable bonds is 8. The largest absolute Gasteiger partial charge is 0.348 e. The van der Waals surface area contributed by atoms with Crippen LogP contribution in [0.25, 0.3) is 10.8 Å². The Morgan fingerprint density at radius 1 is 1.07 bits per heavy atom. The minimum absolute atomic E-state index is 0.232. The molecule has 1 aliphatic heterocycles. The van der Waals surface area contributed by atoms with Crippen LogP contribution in [0.5, 0.6) is 0 Å². The van der Waals surface area contributed by atoms with E-state index < -0.39 is 11.6 Å². The average molecular weight is 396 g/mol. The van der Waals surface area contributed by atoms with Crippen LogP contribution in [0.15, 0.2) is 42.5 Å². The van der Waals surface area contributed by atoms with Gasteiger partial charge in [-0.25, -0.2) is 4.79 Å². The second-order valence-electron chi connectivity index (χ2n) is 7.80. The van der Waals surface area contributed by atoms with Gasteiger partial charge in [-0.05, 0) is 42.2 Å². The molecule has 6 heteroatoms. The number of hydrogen-bond donors (Lipinski definition) is 2. The van der Waals surface area contributed by atoms with Gasteiger partial charge in [0.2, 0.25) is 5.91 Å². The molecule has 3 rings (SSSR count). The molecule has 1 atom stereocenters. The first kappa shape index (κ1) is 20.8. The standard InChI is InChI=1S/C23H29N3O3/c1-4-12-23(13-5-2)21(28)26(22(29)25-23)15-20(27)24-16(3)18-11-10-17-8-6-7-9-19(17)14-18/h6-11,14,16H,4-5,12-13,15H2,1-3H3,(H,24,27)(H,25,29). The Kier molecular flexibility index (Phi) is 6.20. The van der Waals surface area contributed by atoms with E-state index in [9.17, 15) is 14.4 Å². The molecule has 2 N–H and O–H groups in total. The van der Waals surface area contributed by atoms with Gasteiger partial charge in [-0.3, -0.25) is 14.5 Å². The number of nitrogens with zero attached hydrogens (tertiary/aromatic N) is 1. The Morgan fingerprint density at radius 3 is 2.38 bits per heavy atom. The first-order chi connectivity index (χ1) is 13.9. The van der Waals surface area contributed by atoms with E-state index in [1.54, 1.807) is 0 Å². The molecule has 0 aromatic heterocycles. The van der Waals surface area contributed by atoms with Crippen molar-refractivity contribution < 1.29 is 14.4 Å². The molecule has 1 unspecified atom stereocenters. The molecule has 154 valence electrons. The molecule has 2 aromatic rings. The monoisotopic (exact) mass is 395 g/mol. The second kappa shape index (κ2) is 8.64. The van der Waals surface area contributed by atoms with Crippen molar-refractivity contribution in [3.8, 4) is 0 Å². The maximum atomic E-state index is 12.9. The molecule has 0 spiro atoms. The van der Waals surface area contributed by atoms with Crippen molar-refractivity contribution in [2.75, 3.05) is 6.54 Å². The average Bonchev–Trinajstić information content (AvgIpc) is 2.92. The van der Waals surface area contributed by atoms with E-state index >= 15 is 0 Å². The van der Waals surface area contributed by atoms with Gasteiger partial charge < -0.3 is 10.6 Å². The van der Waals surface area contributed by atoms with E-state index in [-0.39, 0.29) is 24.4 Å². The maximum absolute atomic E-state index is 12.9. The van der Waals surface area contributed by atoms with E-state index in [4.69, 9.17) is 0 Å². The van der Waals surface area contributed by atoms with Gasteiger partial charge in [0.05, 0.1) is 6.04 Å². The van der Waals surface area contributed by atoms with Gasteiger partial charge in [0, 0.05) is 0 Å². The topological polar surface area (TPSA) is 78.5 Å². The SMILES string of the molecule is CCCC1(CCC)NC(=O)N(CC(=O)NC(C)c2ccc3ccccc3c2)C1=O. The zero-order chi connectivity index (χ0) is 21.0. The fourth-order valence-electron chi connectivity index (χ4n) is 4.13. The van der Waals surface area contributed by atoms with E-state index in [0.717, 1.165) is 34.1 Å². The Morgan fingerprint density at radius 2 is 1.72 bits per heavy atom. The van der Waals surface area contributed by atoms with Crippen molar-refractivity contribution in [2.24, 2.45) is 0 Å². The molecule has 0 radical (unpaired) electrons. The van der Waals surface area contributed by atoms with Crippen LogP contribution in [-0.4, -0.2) is 34.8 Å². The number of benzene rings is 2. The fraction of sp³-hybridized carbons (Fsp3) is 0.435. The van der Waals surface area contributed by atoms with Gasteiger partial charge in [-0.15, -0.1) is 0 Å². The summed E-state index contributed by atoms with van der Waals surface area (Å²) < 4.78 is 0. The van der Waals surface area contributed by atoms with Gasteiger partial charge in [-0.1, -0.05) is 63.1 Å². The van der Waals surface area contributed by atoms with Gasteiger partial charge in [0.15, 0.2) is 0 Å². The summed E-state index contributed by atoms with van der Waals surface area (Å²) >= 11 is 0. The summed E-state index contributed by atoms with van der Waals surface area (Å²) in [6.45, 7) is 5.60. The van der Waals surface area contributed by atoms with Crippen LogP contribution in [0, 0.1) is 0 Å². The van der Waals surface area contributed by atoms with Crippen LogP contribution in [-0.2, 0) is 9.59 Å². The lowest BCUT2D eigenvalue weighted by molar-refractivity contribution is -0.135. The number of nitrogens with one attached hydrogen (secondary N) is 2. The minimum atomic E-state index is -0.870. The highest BCUT2D eigenvalue weighted by Crippen LogP contribution is 2.28. The smallest absolute Gasteiger partial charge is 0.325 e. The number of urea groups is 1. The van der Waals surface area contributed by atoms with Gasteiger partial charge >= 0.3 is 6.03 Å².